The fourth-order valence-corrected chi connectivity index (χ4v) is 4.70. The van der Waals surface area contributed by atoms with E-state index in [-0.39, 0.29) is 28.7 Å². The van der Waals surface area contributed by atoms with Crippen LogP contribution in [0.4, 0.5) is 0 Å². The van der Waals surface area contributed by atoms with Gasteiger partial charge in [-0.25, -0.2) is 0 Å². The molecule has 4 nitrogen and oxygen atoms in total. The van der Waals surface area contributed by atoms with Crippen LogP contribution in [0.15, 0.2) is 101 Å². The molecule has 4 heteroatoms. The van der Waals surface area contributed by atoms with Gasteiger partial charge in [0.15, 0.2) is 17.3 Å². The molecule has 0 aromatic heterocycles. The fraction of sp³-hybridized carbons (Fsp3) is 0.138. The second kappa shape index (κ2) is 8.14. The van der Waals surface area contributed by atoms with Crippen molar-refractivity contribution in [2.45, 2.75) is 26.2 Å². The van der Waals surface area contributed by atoms with Crippen LogP contribution in [-0.2, 0) is 0 Å². The molecule has 2 aromatic rings. The molecule has 0 aliphatic heterocycles. The van der Waals surface area contributed by atoms with Crippen molar-refractivity contribution in [2.75, 3.05) is 0 Å². The monoisotopic (exact) mass is 434 g/mol. The standard InChI is InChI=1S/C29H22O4/c1-17-18(13-15-24-26(30)20-9-2-3-10-21(20)27(24)31)7-6-8-19(17)14-16-25-28(32)22-11-4-5-12-23(22)29(25)33/h2-5,9-16,30H,6-8H2,1H3. The van der Waals surface area contributed by atoms with E-state index in [2.05, 4.69) is 0 Å². The van der Waals surface area contributed by atoms with Crippen LogP contribution < -0.4 is 0 Å². The third-order valence-electron chi connectivity index (χ3n) is 6.59. The Morgan fingerprint density at radius 3 is 1.91 bits per heavy atom. The lowest BCUT2D eigenvalue weighted by molar-refractivity contribution is 0.0986. The molecule has 0 heterocycles. The number of aliphatic hydroxyl groups excluding tert-OH is 1. The van der Waals surface area contributed by atoms with Gasteiger partial charge >= 0.3 is 0 Å². The average molecular weight is 434 g/mol. The van der Waals surface area contributed by atoms with Crippen molar-refractivity contribution in [2.24, 2.45) is 0 Å². The van der Waals surface area contributed by atoms with Crippen LogP contribution in [0.3, 0.4) is 0 Å². The number of rotatable bonds is 3. The summed E-state index contributed by atoms with van der Waals surface area (Å²) >= 11 is 0. The number of hydrogen-bond donors (Lipinski definition) is 1. The summed E-state index contributed by atoms with van der Waals surface area (Å²) in [5.41, 5.74) is 5.69. The molecule has 0 bridgehead atoms. The highest BCUT2D eigenvalue weighted by atomic mass is 16.3. The quantitative estimate of drug-likeness (QED) is 0.465. The minimum atomic E-state index is -0.230. The summed E-state index contributed by atoms with van der Waals surface area (Å²) in [6.45, 7) is 2.01. The summed E-state index contributed by atoms with van der Waals surface area (Å²) < 4.78 is 0. The van der Waals surface area contributed by atoms with E-state index in [9.17, 15) is 19.5 Å². The summed E-state index contributed by atoms with van der Waals surface area (Å²) in [4.78, 5) is 37.9. The first-order chi connectivity index (χ1) is 16.0. The molecule has 3 aliphatic rings. The molecule has 0 saturated heterocycles. The van der Waals surface area contributed by atoms with Gasteiger partial charge in [0.2, 0.25) is 0 Å². The Kier molecular flexibility index (Phi) is 5.14. The van der Waals surface area contributed by atoms with E-state index in [0.29, 0.717) is 27.8 Å². The fourth-order valence-electron chi connectivity index (χ4n) is 4.70. The Labute approximate surface area is 192 Å². The molecule has 0 atom stereocenters. The summed E-state index contributed by atoms with van der Waals surface area (Å²) in [6, 6.07) is 13.9. The van der Waals surface area contributed by atoms with Crippen LogP contribution in [0.2, 0.25) is 0 Å². The zero-order valence-electron chi connectivity index (χ0n) is 18.2. The summed E-state index contributed by atoms with van der Waals surface area (Å²) in [6.07, 6.45) is 9.72. The average Bonchev–Trinajstić information content (AvgIpc) is 3.23. The lowest BCUT2D eigenvalue weighted by Gasteiger charge is -2.18. The molecule has 0 spiro atoms. The molecular formula is C29H22O4. The summed E-state index contributed by atoms with van der Waals surface area (Å²) in [5, 5.41) is 10.5. The zero-order valence-corrected chi connectivity index (χ0v) is 18.2. The molecule has 0 fully saturated rings. The van der Waals surface area contributed by atoms with E-state index in [1.165, 1.54) is 0 Å². The maximum Gasteiger partial charge on any atom is 0.197 e. The summed E-state index contributed by atoms with van der Waals surface area (Å²) in [5.74, 6) is -0.621. The first-order valence-electron chi connectivity index (χ1n) is 11.0. The molecule has 0 unspecified atom stereocenters. The van der Waals surface area contributed by atoms with Crippen molar-refractivity contribution >= 4 is 23.1 Å². The lowest BCUT2D eigenvalue weighted by atomic mass is 9.87. The number of carbonyl (C=O) groups excluding carboxylic acids is 3. The smallest absolute Gasteiger partial charge is 0.197 e. The number of aliphatic hydroxyl groups is 1. The molecule has 33 heavy (non-hydrogen) atoms. The van der Waals surface area contributed by atoms with Gasteiger partial charge in [0.25, 0.3) is 0 Å². The van der Waals surface area contributed by atoms with Gasteiger partial charge in [0.05, 0.1) is 11.1 Å². The van der Waals surface area contributed by atoms with Crippen molar-refractivity contribution in [1.82, 2.24) is 0 Å². The Balaban J connectivity index is 1.43. The number of ketones is 3. The van der Waals surface area contributed by atoms with Crippen molar-refractivity contribution in [3.63, 3.8) is 0 Å². The first kappa shape index (κ1) is 20.8. The molecule has 0 radical (unpaired) electrons. The Bertz CT molecular complexity index is 1360. The normalized spacial score (nSPS) is 19.2. The number of Topliss-reactive ketones (excluding diaryl/α,β-unsaturated/α-hetero) is 3. The highest BCUT2D eigenvalue weighted by Gasteiger charge is 2.32. The van der Waals surface area contributed by atoms with E-state index in [1.54, 1.807) is 60.7 Å². The SMILES string of the molecule is CC1=C(C=CC2=C(O)c3ccccc3C2=O)CCCC1=CC=C1C(=O)c2ccccc2C1=O. The molecule has 5 rings (SSSR count). The maximum atomic E-state index is 12.7. The second-order valence-electron chi connectivity index (χ2n) is 8.45. The van der Waals surface area contributed by atoms with Crippen molar-refractivity contribution in [1.29, 1.82) is 0 Å². The predicted molar refractivity (Wildman–Crippen MR) is 127 cm³/mol. The topological polar surface area (TPSA) is 71.4 Å². The van der Waals surface area contributed by atoms with Gasteiger partial charge in [-0.15, -0.1) is 0 Å². The molecule has 162 valence electrons. The van der Waals surface area contributed by atoms with Crippen molar-refractivity contribution in [3.8, 4) is 0 Å². The van der Waals surface area contributed by atoms with Gasteiger partial charge in [-0.2, -0.15) is 0 Å². The van der Waals surface area contributed by atoms with Crippen LogP contribution in [0.1, 0.15) is 62.8 Å². The zero-order chi connectivity index (χ0) is 23.1. The van der Waals surface area contributed by atoms with Crippen LogP contribution >= 0.6 is 0 Å². The second-order valence-corrected chi connectivity index (χ2v) is 8.45. The number of carbonyl (C=O) groups is 3. The minimum Gasteiger partial charge on any atom is -0.507 e. The highest BCUT2D eigenvalue weighted by Crippen LogP contribution is 2.34. The first-order valence-corrected chi connectivity index (χ1v) is 11.0. The number of benzene rings is 2. The van der Waals surface area contributed by atoms with Crippen LogP contribution in [0.5, 0.6) is 0 Å². The number of allylic oxidation sites excluding steroid dienone is 9. The van der Waals surface area contributed by atoms with Crippen molar-refractivity contribution in [3.05, 3.63) is 123 Å². The molecule has 0 amide bonds. The van der Waals surface area contributed by atoms with Gasteiger partial charge < -0.3 is 5.11 Å². The number of fused-ring (bicyclic) bond motifs is 2. The molecular weight excluding hydrogens is 412 g/mol. The third-order valence-corrected chi connectivity index (χ3v) is 6.59. The minimum absolute atomic E-state index is 0.0132. The number of hydrogen-bond acceptors (Lipinski definition) is 4. The van der Waals surface area contributed by atoms with E-state index in [4.69, 9.17) is 0 Å². The lowest BCUT2D eigenvalue weighted by Crippen LogP contribution is -2.02. The van der Waals surface area contributed by atoms with E-state index >= 15 is 0 Å². The third kappa shape index (κ3) is 3.44. The Hall–Kier alpha value is -4.05. The van der Waals surface area contributed by atoms with Crippen LogP contribution in [0.25, 0.3) is 5.76 Å². The summed E-state index contributed by atoms with van der Waals surface area (Å²) in [7, 11) is 0. The van der Waals surface area contributed by atoms with Crippen molar-refractivity contribution < 1.29 is 19.5 Å². The largest absolute Gasteiger partial charge is 0.507 e. The van der Waals surface area contributed by atoms with Gasteiger partial charge in [0, 0.05) is 22.3 Å². The maximum absolute atomic E-state index is 12.7. The van der Waals surface area contributed by atoms with Gasteiger partial charge in [-0.05, 0) is 55.1 Å². The van der Waals surface area contributed by atoms with Crippen LogP contribution in [0, 0.1) is 0 Å². The molecule has 0 saturated carbocycles. The van der Waals surface area contributed by atoms with E-state index in [0.717, 1.165) is 36.0 Å². The predicted octanol–water partition coefficient (Wildman–Crippen LogP) is 6.14. The Morgan fingerprint density at radius 1 is 0.727 bits per heavy atom. The highest BCUT2D eigenvalue weighted by molar-refractivity contribution is 6.39. The van der Waals surface area contributed by atoms with Gasteiger partial charge in [-0.3, -0.25) is 14.4 Å². The van der Waals surface area contributed by atoms with Gasteiger partial charge in [0.1, 0.15) is 5.76 Å². The Morgan fingerprint density at radius 2 is 1.30 bits per heavy atom. The van der Waals surface area contributed by atoms with E-state index < -0.39 is 0 Å². The van der Waals surface area contributed by atoms with Crippen LogP contribution in [-0.4, -0.2) is 22.5 Å². The molecule has 1 N–H and O–H groups in total. The molecule has 3 aliphatic carbocycles. The van der Waals surface area contributed by atoms with E-state index in [1.807, 2.05) is 19.1 Å². The van der Waals surface area contributed by atoms with Gasteiger partial charge in [-0.1, -0.05) is 60.7 Å². The molecule has 2 aromatic carbocycles.